The van der Waals surface area contributed by atoms with Gasteiger partial charge in [-0.05, 0) is 29.2 Å². The molecule has 1 aromatic carbocycles. The number of alkyl halides is 1. The second kappa shape index (κ2) is 5.68. The summed E-state index contributed by atoms with van der Waals surface area (Å²) in [4.78, 5) is 4.32. The first-order chi connectivity index (χ1) is 8.61. The van der Waals surface area contributed by atoms with E-state index >= 15 is 0 Å². The Balaban J connectivity index is 2.00. The predicted molar refractivity (Wildman–Crippen MR) is 78.0 cm³/mol. The van der Waals surface area contributed by atoms with Crippen molar-refractivity contribution >= 4 is 22.5 Å². The van der Waals surface area contributed by atoms with Crippen molar-refractivity contribution in [2.45, 2.75) is 20.4 Å². The molecule has 2 rings (SSSR count). The van der Waals surface area contributed by atoms with Gasteiger partial charge < -0.3 is 5.32 Å². The summed E-state index contributed by atoms with van der Waals surface area (Å²) in [7, 11) is 0. The fourth-order valence-corrected chi connectivity index (χ4v) is 1.92. The SMILES string of the molecule is CC(C)(CCl)CNCc1ccc2ncccc2c1. The lowest BCUT2D eigenvalue weighted by atomic mass is 9.96. The molecule has 0 amide bonds. The Morgan fingerprint density at radius 2 is 2.11 bits per heavy atom. The summed E-state index contributed by atoms with van der Waals surface area (Å²) in [5, 5.41) is 4.64. The molecular formula is C15H19ClN2. The summed E-state index contributed by atoms with van der Waals surface area (Å²) in [5.74, 6) is 0.668. The van der Waals surface area contributed by atoms with Crippen LogP contribution >= 0.6 is 11.6 Å². The number of hydrogen-bond acceptors (Lipinski definition) is 2. The van der Waals surface area contributed by atoms with Gasteiger partial charge in [0.25, 0.3) is 0 Å². The Kier molecular flexibility index (Phi) is 4.20. The smallest absolute Gasteiger partial charge is 0.0702 e. The van der Waals surface area contributed by atoms with Gasteiger partial charge in [-0.1, -0.05) is 26.0 Å². The monoisotopic (exact) mass is 262 g/mol. The highest BCUT2D eigenvalue weighted by Crippen LogP contribution is 2.16. The quantitative estimate of drug-likeness (QED) is 0.833. The van der Waals surface area contributed by atoms with Crippen LogP contribution in [0, 0.1) is 5.41 Å². The van der Waals surface area contributed by atoms with Gasteiger partial charge in [0.1, 0.15) is 0 Å². The molecule has 0 spiro atoms. The van der Waals surface area contributed by atoms with Crippen molar-refractivity contribution in [3.63, 3.8) is 0 Å². The van der Waals surface area contributed by atoms with E-state index in [0.29, 0.717) is 5.88 Å². The summed E-state index contributed by atoms with van der Waals surface area (Å²) in [6, 6.07) is 10.4. The third kappa shape index (κ3) is 3.44. The third-order valence-electron chi connectivity index (χ3n) is 2.96. The van der Waals surface area contributed by atoms with Crippen LogP contribution in [0.5, 0.6) is 0 Å². The zero-order chi connectivity index (χ0) is 13.0. The summed E-state index contributed by atoms with van der Waals surface area (Å²) in [6.07, 6.45) is 1.82. The van der Waals surface area contributed by atoms with Gasteiger partial charge in [0.2, 0.25) is 0 Å². The molecule has 2 aromatic rings. The molecule has 0 saturated carbocycles. The highest BCUT2D eigenvalue weighted by molar-refractivity contribution is 6.18. The van der Waals surface area contributed by atoms with E-state index in [4.69, 9.17) is 11.6 Å². The molecule has 0 radical (unpaired) electrons. The van der Waals surface area contributed by atoms with Crippen molar-refractivity contribution in [3.8, 4) is 0 Å². The molecular weight excluding hydrogens is 244 g/mol. The molecule has 1 N–H and O–H groups in total. The molecule has 0 aliphatic heterocycles. The second-order valence-corrected chi connectivity index (χ2v) is 5.70. The van der Waals surface area contributed by atoms with E-state index in [1.165, 1.54) is 10.9 Å². The van der Waals surface area contributed by atoms with Crippen LogP contribution in [0.25, 0.3) is 10.9 Å². The lowest BCUT2D eigenvalue weighted by molar-refractivity contribution is 0.385. The van der Waals surface area contributed by atoms with Crippen molar-refractivity contribution in [3.05, 3.63) is 42.1 Å². The fraction of sp³-hybridized carbons (Fsp3) is 0.400. The molecule has 0 aliphatic carbocycles. The third-order valence-corrected chi connectivity index (χ3v) is 3.69. The summed E-state index contributed by atoms with van der Waals surface area (Å²) >= 11 is 5.90. The molecule has 0 bridgehead atoms. The minimum absolute atomic E-state index is 0.139. The lowest BCUT2D eigenvalue weighted by Crippen LogP contribution is -2.30. The molecule has 0 unspecified atom stereocenters. The summed E-state index contributed by atoms with van der Waals surface area (Å²) < 4.78 is 0. The molecule has 1 heterocycles. The van der Waals surface area contributed by atoms with Crippen molar-refractivity contribution in [1.29, 1.82) is 0 Å². The van der Waals surface area contributed by atoms with Crippen LogP contribution < -0.4 is 5.32 Å². The van der Waals surface area contributed by atoms with E-state index in [1.807, 2.05) is 12.3 Å². The first-order valence-electron chi connectivity index (χ1n) is 6.21. The maximum Gasteiger partial charge on any atom is 0.0702 e. The Labute approximate surface area is 113 Å². The van der Waals surface area contributed by atoms with Crippen LogP contribution in [0.1, 0.15) is 19.4 Å². The Morgan fingerprint density at radius 3 is 2.89 bits per heavy atom. The number of fused-ring (bicyclic) bond motifs is 1. The van der Waals surface area contributed by atoms with Crippen molar-refractivity contribution in [1.82, 2.24) is 10.3 Å². The van der Waals surface area contributed by atoms with Crippen LogP contribution in [0.4, 0.5) is 0 Å². The van der Waals surface area contributed by atoms with E-state index in [-0.39, 0.29) is 5.41 Å². The van der Waals surface area contributed by atoms with Crippen molar-refractivity contribution in [2.24, 2.45) is 5.41 Å². The summed E-state index contributed by atoms with van der Waals surface area (Å²) in [6.45, 7) is 6.11. The van der Waals surface area contributed by atoms with Crippen LogP contribution in [0.15, 0.2) is 36.5 Å². The minimum Gasteiger partial charge on any atom is -0.312 e. The van der Waals surface area contributed by atoms with Gasteiger partial charge in [-0.25, -0.2) is 0 Å². The van der Waals surface area contributed by atoms with E-state index in [1.54, 1.807) is 0 Å². The molecule has 1 aromatic heterocycles. The highest BCUT2D eigenvalue weighted by Gasteiger charge is 2.15. The molecule has 0 fully saturated rings. The number of nitrogens with one attached hydrogen (secondary N) is 1. The number of aromatic nitrogens is 1. The second-order valence-electron chi connectivity index (χ2n) is 5.43. The minimum atomic E-state index is 0.139. The fourth-order valence-electron chi connectivity index (χ4n) is 1.83. The Hall–Kier alpha value is -1.12. The van der Waals surface area contributed by atoms with E-state index in [2.05, 4.69) is 48.4 Å². The van der Waals surface area contributed by atoms with E-state index in [9.17, 15) is 0 Å². The number of rotatable bonds is 5. The number of pyridine rings is 1. The van der Waals surface area contributed by atoms with Gasteiger partial charge in [-0.3, -0.25) is 4.98 Å². The van der Waals surface area contributed by atoms with Crippen LogP contribution in [-0.2, 0) is 6.54 Å². The Morgan fingerprint density at radius 1 is 1.28 bits per heavy atom. The first-order valence-corrected chi connectivity index (χ1v) is 6.74. The maximum atomic E-state index is 5.90. The average molecular weight is 263 g/mol. The first kappa shape index (κ1) is 13.3. The molecule has 96 valence electrons. The van der Waals surface area contributed by atoms with E-state index in [0.717, 1.165) is 18.6 Å². The van der Waals surface area contributed by atoms with Crippen LogP contribution in [0.3, 0.4) is 0 Å². The Bertz CT molecular complexity index is 523. The zero-order valence-corrected chi connectivity index (χ0v) is 11.7. The maximum absolute atomic E-state index is 5.90. The number of hydrogen-bond donors (Lipinski definition) is 1. The van der Waals surface area contributed by atoms with E-state index < -0.39 is 0 Å². The molecule has 0 aliphatic rings. The highest BCUT2D eigenvalue weighted by atomic mass is 35.5. The topological polar surface area (TPSA) is 24.9 Å². The number of benzene rings is 1. The molecule has 0 saturated heterocycles. The lowest BCUT2D eigenvalue weighted by Gasteiger charge is -2.21. The number of halogens is 1. The average Bonchev–Trinajstić information content (AvgIpc) is 2.38. The van der Waals surface area contributed by atoms with Gasteiger partial charge in [-0.2, -0.15) is 0 Å². The van der Waals surface area contributed by atoms with Crippen molar-refractivity contribution < 1.29 is 0 Å². The molecule has 18 heavy (non-hydrogen) atoms. The van der Waals surface area contributed by atoms with Crippen LogP contribution in [0.2, 0.25) is 0 Å². The number of nitrogens with zero attached hydrogens (tertiary/aromatic N) is 1. The van der Waals surface area contributed by atoms with Gasteiger partial charge in [0.05, 0.1) is 5.52 Å². The zero-order valence-electron chi connectivity index (χ0n) is 10.9. The van der Waals surface area contributed by atoms with Crippen molar-refractivity contribution in [2.75, 3.05) is 12.4 Å². The van der Waals surface area contributed by atoms with Gasteiger partial charge >= 0.3 is 0 Å². The van der Waals surface area contributed by atoms with Gasteiger partial charge in [-0.15, -0.1) is 11.6 Å². The molecule has 3 heteroatoms. The standard InChI is InChI=1S/C15H19ClN2/c1-15(2,10-16)11-17-9-12-5-6-14-13(8-12)4-3-7-18-14/h3-8,17H,9-11H2,1-2H3. The molecule has 0 atom stereocenters. The summed E-state index contributed by atoms with van der Waals surface area (Å²) in [5.41, 5.74) is 2.46. The molecule has 2 nitrogen and oxygen atoms in total. The van der Waals surface area contributed by atoms with Gasteiger partial charge in [0, 0.05) is 30.6 Å². The predicted octanol–water partition coefficient (Wildman–Crippen LogP) is 3.59. The van der Waals surface area contributed by atoms with Gasteiger partial charge in [0.15, 0.2) is 0 Å². The van der Waals surface area contributed by atoms with Crippen LogP contribution in [-0.4, -0.2) is 17.4 Å². The normalized spacial score (nSPS) is 11.9. The largest absolute Gasteiger partial charge is 0.312 e.